The molecule has 1 heterocycles. The van der Waals surface area contributed by atoms with Gasteiger partial charge < -0.3 is 6.53 Å². The predicted octanol–water partition coefficient (Wildman–Crippen LogP) is 0.0234. The number of carboxylic acids is 1. The molecule has 0 unspecified atom stereocenters. The van der Waals surface area contributed by atoms with Gasteiger partial charge in [-0.1, -0.05) is 19.1 Å². The van der Waals surface area contributed by atoms with Crippen LogP contribution in [0.1, 0.15) is 18.7 Å². The van der Waals surface area contributed by atoms with Crippen molar-refractivity contribution in [3.8, 4) is 10.4 Å². The van der Waals surface area contributed by atoms with E-state index in [-0.39, 0.29) is 31.6 Å². The van der Waals surface area contributed by atoms with Gasteiger partial charge in [-0.15, -0.1) is 11.3 Å². The molecule has 0 aliphatic rings. The molecule has 0 aliphatic carbocycles. The van der Waals surface area contributed by atoms with Gasteiger partial charge in [-0.25, -0.2) is 13.2 Å². The quantitative estimate of drug-likeness (QED) is 0.809. The zero-order valence-corrected chi connectivity index (χ0v) is 12.8. The number of benzene rings is 1. The predicted molar refractivity (Wildman–Crippen MR) is 75.6 cm³/mol. The summed E-state index contributed by atoms with van der Waals surface area (Å²) < 4.78 is 23.8. The summed E-state index contributed by atoms with van der Waals surface area (Å²) in [6.07, 6.45) is 0. The SMILES string of the molecule is CCS(=O)(=O)c1ccc(-c2ccc(C(=O)O)cc2)s1.[H-].[Li+]. The molecule has 0 saturated heterocycles. The molecule has 0 saturated carbocycles. The Morgan fingerprint density at radius 1 is 1.20 bits per heavy atom. The molecule has 20 heavy (non-hydrogen) atoms. The van der Waals surface area contributed by atoms with Crippen LogP contribution in [0.4, 0.5) is 0 Å². The Hall–Kier alpha value is -1.06. The third-order valence-electron chi connectivity index (χ3n) is 2.68. The number of sulfone groups is 1. The second kappa shape index (κ2) is 6.59. The zero-order valence-electron chi connectivity index (χ0n) is 12.2. The van der Waals surface area contributed by atoms with Crippen molar-refractivity contribution >= 4 is 27.1 Å². The molecule has 0 fully saturated rings. The Labute approximate surface area is 135 Å². The fourth-order valence-corrected chi connectivity index (χ4v) is 4.00. The molecule has 1 aromatic carbocycles. The summed E-state index contributed by atoms with van der Waals surface area (Å²) in [5, 5.41) is 8.81. The van der Waals surface area contributed by atoms with E-state index in [1.54, 1.807) is 31.2 Å². The molecule has 0 radical (unpaired) electrons. The van der Waals surface area contributed by atoms with E-state index >= 15 is 0 Å². The molecule has 0 amide bonds. The van der Waals surface area contributed by atoms with Crippen molar-refractivity contribution in [2.75, 3.05) is 5.75 Å². The molecule has 0 atom stereocenters. The Kier molecular flexibility index (Phi) is 5.60. The van der Waals surface area contributed by atoms with Gasteiger partial charge in [0.25, 0.3) is 0 Å². The van der Waals surface area contributed by atoms with Gasteiger partial charge in [-0.3, -0.25) is 0 Å². The summed E-state index contributed by atoms with van der Waals surface area (Å²) in [7, 11) is -3.18. The molecule has 4 nitrogen and oxygen atoms in total. The normalized spacial score (nSPS) is 10.8. The standard InChI is InChI=1S/C13H12O4S2.Li.H/c1-2-19(16,17)12-8-7-11(18-12)9-3-5-10(6-4-9)13(14)15;;/h3-8H,2H2,1H3,(H,14,15);;/q;+1;-1. The van der Waals surface area contributed by atoms with Crippen LogP contribution in [0.5, 0.6) is 0 Å². The Bertz CT molecular complexity index is 708. The summed E-state index contributed by atoms with van der Waals surface area (Å²) in [6.45, 7) is 1.61. The molecule has 1 aromatic heterocycles. The number of hydrogen-bond donors (Lipinski definition) is 1. The van der Waals surface area contributed by atoms with E-state index < -0.39 is 15.8 Å². The first-order chi connectivity index (χ1) is 8.94. The van der Waals surface area contributed by atoms with E-state index in [1.807, 2.05) is 0 Å². The Balaban J connectivity index is 0.00000200. The first-order valence-electron chi connectivity index (χ1n) is 5.60. The van der Waals surface area contributed by atoms with Gasteiger partial charge in [-0.05, 0) is 29.8 Å². The summed E-state index contributed by atoms with van der Waals surface area (Å²) in [5.74, 6) is -0.905. The minimum absolute atomic E-state index is 0. The fourth-order valence-electron chi connectivity index (χ4n) is 1.56. The topological polar surface area (TPSA) is 71.4 Å². The van der Waals surface area contributed by atoms with Crippen molar-refractivity contribution in [2.24, 2.45) is 0 Å². The monoisotopic (exact) mass is 304 g/mol. The third-order valence-corrected chi connectivity index (χ3v) is 6.13. The maximum Gasteiger partial charge on any atom is 1.00 e. The average Bonchev–Trinajstić information content (AvgIpc) is 2.89. The van der Waals surface area contributed by atoms with Crippen molar-refractivity contribution in [1.29, 1.82) is 0 Å². The molecule has 0 spiro atoms. The van der Waals surface area contributed by atoms with E-state index in [0.717, 1.165) is 10.4 Å². The minimum Gasteiger partial charge on any atom is -1.00 e. The van der Waals surface area contributed by atoms with Crippen LogP contribution in [-0.4, -0.2) is 25.2 Å². The second-order valence-electron chi connectivity index (χ2n) is 3.90. The number of hydrogen-bond acceptors (Lipinski definition) is 4. The van der Waals surface area contributed by atoms with Crippen LogP contribution in [0.3, 0.4) is 0 Å². The van der Waals surface area contributed by atoms with Crippen molar-refractivity contribution < 1.29 is 38.6 Å². The van der Waals surface area contributed by atoms with Gasteiger partial charge >= 0.3 is 24.8 Å². The van der Waals surface area contributed by atoms with Gasteiger partial charge in [0.15, 0.2) is 9.84 Å². The third kappa shape index (κ3) is 3.52. The molecule has 0 aliphatic heterocycles. The molecule has 2 rings (SSSR count). The van der Waals surface area contributed by atoms with Crippen molar-refractivity contribution in [3.63, 3.8) is 0 Å². The van der Waals surface area contributed by atoms with E-state index in [1.165, 1.54) is 23.5 Å². The number of thiophene rings is 1. The largest absolute Gasteiger partial charge is 1.00 e. The molecule has 7 heteroatoms. The van der Waals surface area contributed by atoms with Crippen LogP contribution in [0.15, 0.2) is 40.6 Å². The molecule has 1 N–H and O–H groups in total. The van der Waals surface area contributed by atoms with Gasteiger partial charge in [0.05, 0.1) is 11.3 Å². The van der Waals surface area contributed by atoms with Gasteiger partial charge in [0.1, 0.15) is 4.21 Å². The maximum atomic E-state index is 11.7. The number of aromatic carboxylic acids is 1. The van der Waals surface area contributed by atoms with E-state index in [0.29, 0.717) is 4.21 Å². The van der Waals surface area contributed by atoms with E-state index in [9.17, 15) is 13.2 Å². The Morgan fingerprint density at radius 2 is 1.80 bits per heavy atom. The molecule has 0 bridgehead atoms. The van der Waals surface area contributed by atoms with Crippen LogP contribution < -0.4 is 18.9 Å². The van der Waals surface area contributed by atoms with Crippen LogP contribution in [0.2, 0.25) is 0 Å². The van der Waals surface area contributed by atoms with Crippen LogP contribution in [0.25, 0.3) is 10.4 Å². The van der Waals surface area contributed by atoms with Crippen LogP contribution in [-0.2, 0) is 9.84 Å². The smallest absolute Gasteiger partial charge is 1.00 e. The van der Waals surface area contributed by atoms with Gasteiger partial charge in [0, 0.05) is 4.88 Å². The minimum atomic E-state index is -3.18. The average molecular weight is 304 g/mol. The van der Waals surface area contributed by atoms with E-state index in [2.05, 4.69) is 0 Å². The zero-order chi connectivity index (χ0) is 14.0. The molecule has 102 valence electrons. The van der Waals surface area contributed by atoms with Crippen molar-refractivity contribution in [3.05, 3.63) is 42.0 Å². The fraction of sp³-hybridized carbons (Fsp3) is 0.154. The first kappa shape index (κ1) is 17.0. The van der Waals surface area contributed by atoms with Gasteiger partial charge in [0.2, 0.25) is 0 Å². The number of carboxylic acid groups (broad SMARTS) is 1. The molecular formula is C13H13LiO4S2. The summed E-state index contributed by atoms with van der Waals surface area (Å²) in [5.41, 5.74) is 1.02. The first-order valence-corrected chi connectivity index (χ1v) is 8.07. The number of rotatable bonds is 4. The maximum absolute atomic E-state index is 11.7. The summed E-state index contributed by atoms with van der Waals surface area (Å²) in [4.78, 5) is 11.6. The Morgan fingerprint density at radius 3 is 2.30 bits per heavy atom. The van der Waals surface area contributed by atoms with Crippen LogP contribution >= 0.6 is 11.3 Å². The van der Waals surface area contributed by atoms with Gasteiger partial charge in [-0.2, -0.15) is 0 Å². The number of carbonyl (C=O) groups is 1. The van der Waals surface area contributed by atoms with Crippen molar-refractivity contribution in [2.45, 2.75) is 11.1 Å². The molecule has 2 aromatic rings. The van der Waals surface area contributed by atoms with E-state index in [4.69, 9.17) is 5.11 Å². The summed E-state index contributed by atoms with van der Waals surface area (Å²) >= 11 is 1.20. The second-order valence-corrected chi connectivity index (χ2v) is 7.49. The summed E-state index contributed by atoms with van der Waals surface area (Å²) in [6, 6.07) is 9.69. The van der Waals surface area contributed by atoms with Crippen LogP contribution in [0, 0.1) is 0 Å². The molecular weight excluding hydrogens is 291 g/mol. The van der Waals surface area contributed by atoms with Crippen molar-refractivity contribution in [1.82, 2.24) is 0 Å².